The Morgan fingerprint density at radius 2 is 2.06 bits per heavy atom. The van der Waals surface area contributed by atoms with E-state index in [2.05, 4.69) is 5.32 Å². The van der Waals surface area contributed by atoms with E-state index >= 15 is 0 Å². The molecule has 4 unspecified atom stereocenters. The van der Waals surface area contributed by atoms with E-state index in [-0.39, 0.29) is 23.5 Å². The van der Waals surface area contributed by atoms with Gasteiger partial charge in [0.15, 0.2) is 0 Å². The van der Waals surface area contributed by atoms with E-state index in [4.69, 9.17) is 10.5 Å². The van der Waals surface area contributed by atoms with Crippen molar-refractivity contribution in [2.24, 2.45) is 23.5 Å². The summed E-state index contributed by atoms with van der Waals surface area (Å²) in [5.41, 5.74) is 5.87. The first-order valence-corrected chi connectivity index (χ1v) is 7.12. The van der Waals surface area contributed by atoms with E-state index < -0.39 is 0 Å². The number of rotatable bonds is 5. The molecule has 2 aliphatic carbocycles. The van der Waals surface area contributed by atoms with Crippen molar-refractivity contribution in [3.8, 4) is 0 Å². The molecule has 2 fully saturated rings. The van der Waals surface area contributed by atoms with Crippen LogP contribution in [0, 0.1) is 17.8 Å². The number of hydrogen-bond acceptors (Lipinski definition) is 3. The lowest BCUT2D eigenvalue weighted by atomic mass is 9.84. The van der Waals surface area contributed by atoms with E-state index in [1.54, 1.807) is 0 Å². The van der Waals surface area contributed by atoms with Gasteiger partial charge in [0.25, 0.3) is 0 Å². The molecule has 18 heavy (non-hydrogen) atoms. The molecule has 0 aromatic rings. The molecular formula is C14H26N2O2. The first-order chi connectivity index (χ1) is 8.44. The fraction of sp³-hybridized carbons (Fsp3) is 0.929. The highest BCUT2D eigenvalue weighted by molar-refractivity contribution is 5.80. The number of hydrogen-bond donors (Lipinski definition) is 2. The summed E-state index contributed by atoms with van der Waals surface area (Å²) in [5.74, 6) is 1.24. The molecule has 0 heterocycles. The number of carbonyl (C=O) groups is 1. The quantitative estimate of drug-likeness (QED) is 0.777. The fourth-order valence-electron chi connectivity index (χ4n) is 3.58. The van der Waals surface area contributed by atoms with E-state index in [0.717, 1.165) is 6.42 Å². The van der Waals surface area contributed by atoms with Gasteiger partial charge in [0, 0.05) is 19.2 Å². The molecule has 104 valence electrons. The number of amides is 1. The number of fused-ring (bicyclic) bond motifs is 2. The zero-order valence-corrected chi connectivity index (χ0v) is 11.7. The Morgan fingerprint density at radius 1 is 1.39 bits per heavy atom. The molecule has 2 aliphatic rings. The second kappa shape index (κ2) is 5.17. The van der Waals surface area contributed by atoms with Gasteiger partial charge < -0.3 is 15.8 Å². The molecular weight excluding hydrogens is 228 g/mol. The van der Waals surface area contributed by atoms with Gasteiger partial charge in [-0.25, -0.2) is 0 Å². The summed E-state index contributed by atoms with van der Waals surface area (Å²) < 4.78 is 5.59. The molecule has 2 rings (SSSR count). The fourth-order valence-corrected chi connectivity index (χ4v) is 3.58. The molecule has 2 bridgehead atoms. The number of ether oxygens (including phenoxy) is 1. The minimum absolute atomic E-state index is 0.0289. The van der Waals surface area contributed by atoms with Crippen molar-refractivity contribution in [2.75, 3.05) is 13.2 Å². The van der Waals surface area contributed by atoms with Crippen LogP contribution in [0.3, 0.4) is 0 Å². The lowest BCUT2D eigenvalue weighted by Crippen LogP contribution is -2.49. The Morgan fingerprint density at radius 3 is 2.61 bits per heavy atom. The highest BCUT2D eigenvalue weighted by atomic mass is 16.5. The molecule has 4 heteroatoms. The normalized spacial score (nSPS) is 34.9. The molecule has 0 radical (unpaired) electrons. The Hall–Kier alpha value is -0.610. The zero-order valence-electron chi connectivity index (χ0n) is 11.7. The van der Waals surface area contributed by atoms with Crippen LogP contribution >= 0.6 is 0 Å². The van der Waals surface area contributed by atoms with Crippen molar-refractivity contribution < 1.29 is 9.53 Å². The summed E-state index contributed by atoms with van der Waals surface area (Å²) in [6.07, 6.45) is 3.53. The second-order valence-corrected chi connectivity index (χ2v) is 6.35. The molecule has 0 aromatic heterocycles. The van der Waals surface area contributed by atoms with Crippen molar-refractivity contribution in [3.63, 3.8) is 0 Å². The predicted octanol–water partition coefficient (Wildman–Crippen LogP) is 1.29. The summed E-state index contributed by atoms with van der Waals surface area (Å²) in [4.78, 5) is 12.2. The lowest BCUT2D eigenvalue weighted by Gasteiger charge is -2.30. The minimum Gasteiger partial charge on any atom is -0.374 e. The third-order valence-corrected chi connectivity index (χ3v) is 4.51. The summed E-state index contributed by atoms with van der Waals surface area (Å²) in [7, 11) is 0. The van der Waals surface area contributed by atoms with E-state index in [1.807, 2.05) is 20.8 Å². The lowest BCUT2D eigenvalue weighted by molar-refractivity contribution is -0.128. The van der Waals surface area contributed by atoms with Crippen molar-refractivity contribution in [1.29, 1.82) is 0 Å². The van der Waals surface area contributed by atoms with Crippen molar-refractivity contribution in [3.05, 3.63) is 0 Å². The molecule has 0 aliphatic heterocycles. The topological polar surface area (TPSA) is 64.3 Å². The van der Waals surface area contributed by atoms with Crippen molar-refractivity contribution in [1.82, 2.24) is 5.32 Å². The van der Waals surface area contributed by atoms with Crippen molar-refractivity contribution >= 4 is 5.91 Å². The summed E-state index contributed by atoms with van der Waals surface area (Å²) in [6, 6.07) is 0.0685. The zero-order chi connectivity index (χ0) is 13.3. The van der Waals surface area contributed by atoms with Crippen LogP contribution in [0.5, 0.6) is 0 Å². The third kappa shape index (κ3) is 2.69. The number of nitrogens with two attached hydrogens (primary N) is 1. The van der Waals surface area contributed by atoms with Gasteiger partial charge in [-0.05, 0) is 51.9 Å². The average Bonchev–Trinajstić information content (AvgIpc) is 2.86. The maximum absolute atomic E-state index is 12.2. The van der Waals surface area contributed by atoms with Gasteiger partial charge in [0.2, 0.25) is 5.91 Å². The molecule has 0 aromatic carbocycles. The van der Waals surface area contributed by atoms with Crippen LogP contribution < -0.4 is 11.1 Å². The van der Waals surface area contributed by atoms with Crippen molar-refractivity contribution in [2.45, 2.75) is 51.7 Å². The van der Waals surface area contributed by atoms with E-state index in [9.17, 15) is 4.79 Å². The Balaban J connectivity index is 1.85. The largest absolute Gasteiger partial charge is 0.374 e. The van der Waals surface area contributed by atoms with E-state index in [1.165, 1.54) is 12.8 Å². The van der Waals surface area contributed by atoms with Gasteiger partial charge in [-0.3, -0.25) is 4.79 Å². The average molecular weight is 254 g/mol. The van der Waals surface area contributed by atoms with Gasteiger partial charge in [-0.15, -0.1) is 0 Å². The van der Waals surface area contributed by atoms with Crippen LogP contribution in [-0.4, -0.2) is 30.7 Å². The van der Waals surface area contributed by atoms with Crippen LogP contribution in [0.1, 0.15) is 40.0 Å². The van der Waals surface area contributed by atoms with Crippen LogP contribution in [0.4, 0.5) is 0 Å². The van der Waals surface area contributed by atoms with Crippen LogP contribution in [0.15, 0.2) is 0 Å². The molecule has 4 atom stereocenters. The number of carbonyl (C=O) groups excluding carboxylic acids is 1. The van der Waals surface area contributed by atoms with Gasteiger partial charge in [0.1, 0.15) is 0 Å². The first kappa shape index (κ1) is 13.8. The second-order valence-electron chi connectivity index (χ2n) is 6.35. The van der Waals surface area contributed by atoms with Crippen LogP contribution in [0.25, 0.3) is 0 Å². The summed E-state index contributed by atoms with van der Waals surface area (Å²) in [6.45, 7) is 7.18. The SMILES string of the molecule is CCOC(C)(C)CNC(=O)C1C2CCC(C2)C1N. The monoisotopic (exact) mass is 254 g/mol. The molecule has 1 amide bonds. The van der Waals surface area contributed by atoms with Crippen LogP contribution in [0.2, 0.25) is 0 Å². The van der Waals surface area contributed by atoms with E-state index in [0.29, 0.717) is 25.0 Å². The first-order valence-electron chi connectivity index (χ1n) is 7.12. The maximum Gasteiger partial charge on any atom is 0.225 e. The number of nitrogens with one attached hydrogen (secondary N) is 1. The molecule has 0 saturated heterocycles. The van der Waals surface area contributed by atoms with Gasteiger partial charge in [-0.1, -0.05) is 0 Å². The summed E-state index contributed by atoms with van der Waals surface area (Å²) in [5, 5.41) is 3.02. The Bertz CT molecular complexity index is 315. The molecule has 2 saturated carbocycles. The van der Waals surface area contributed by atoms with Crippen LogP contribution in [-0.2, 0) is 9.53 Å². The molecule has 0 spiro atoms. The smallest absolute Gasteiger partial charge is 0.225 e. The maximum atomic E-state index is 12.2. The predicted molar refractivity (Wildman–Crippen MR) is 71.0 cm³/mol. The molecule has 3 N–H and O–H groups in total. The Labute approximate surface area is 110 Å². The highest BCUT2D eigenvalue weighted by Gasteiger charge is 2.49. The van der Waals surface area contributed by atoms with Gasteiger partial charge >= 0.3 is 0 Å². The highest BCUT2D eigenvalue weighted by Crippen LogP contribution is 2.47. The standard InChI is InChI=1S/C14H26N2O2/c1-4-18-14(2,3)8-16-13(17)11-9-5-6-10(7-9)12(11)15/h9-12H,4-8,15H2,1-3H3,(H,16,17). The summed E-state index contributed by atoms with van der Waals surface area (Å²) >= 11 is 0. The third-order valence-electron chi connectivity index (χ3n) is 4.51. The molecule has 4 nitrogen and oxygen atoms in total. The minimum atomic E-state index is -0.299. The van der Waals surface area contributed by atoms with Gasteiger partial charge in [0.05, 0.1) is 11.5 Å². The van der Waals surface area contributed by atoms with Gasteiger partial charge in [-0.2, -0.15) is 0 Å². The Kier molecular flexibility index (Phi) is 3.97.